The number of nitrogens with zero attached hydrogens (tertiary/aromatic N) is 3. The molecule has 7 nitrogen and oxygen atoms in total. The van der Waals surface area contributed by atoms with Crippen molar-refractivity contribution in [1.82, 2.24) is 19.8 Å². The van der Waals surface area contributed by atoms with Crippen LogP contribution in [0.2, 0.25) is 0 Å². The predicted molar refractivity (Wildman–Crippen MR) is 92.1 cm³/mol. The molecule has 2 bridgehead atoms. The number of carbonyl (C=O) groups is 2. The summed E-state index contributed by atoms with van der Waals surface area (Å²) in [4.78, 5) is 47.8. The highest BCUT2D eigenvalue weighted by atomic mass is 32.1. The van der Waals surface area contributed by atoms with Crippen molar-refractivity contribution in [2.45, 2.75) is 25.4 Å². The first-order valence-electron chi connectivity index (χ1n) is 8.28. The van der Waals surface area contributed by atoms with Crippen LogP contribution in [0.15, 0.2) is 34.0 Å². The lowest BCUT2D eigenvalue weighted by atomic mass is 9.94. The molecule has 2 atom stereocenters. The van der Waals surface area contributed by atoms with Gasteiger partial charge in [-0.15, -0.1) is 11.3 Å². The summed E-state index contributed by atoms with van der Waals surface area (Å²) < 4.78 is 0. The monoisotopic (exact) mass is 358 g/mol. The largest absolute Gasteiger partial charge is 0.336 e. The zero-order chi connectivity index (χ0) is 17.4. The Morgan fingerprint density at radius 3 is 2.96 bits per heavy atom. The quantitative estimate of drug-likeness (QED) is 0.890. The van der Waals surface area contributed by atoms with E-state index in [1.54, 1.807) is 16.5 Å². The lowest BCUT2D eigenvalue weighted by Gasteiger charge is -2.35. The second-order valence-electron chi connectivity index (χ2n) is 6.50. The zero-order valence-electron chi connectivity index (χ0n) is 13.6. The number of piperidine rings is 1. The summed E-state index contributed by atoms with van der Waals surface area (Å²) in [5, 5.41) is 1.94. The molecule has 2 amide bonds. The Kier molecular flexibility index (Phi) is 4.12. The molecule has 3 aliphatic heterocycles. The first-order chi connectivity index (χ1) is 12.1. The third kappa shape index (κ3) is 2.97. The second kappa shape index (κ2) is 6.44. The highest BCUT2D eigenvalue weighted by Gasteiger charge is 2.42. The number of aromatic amines is 1. The molecule has 2 aromatic heterocycles. The molecule has 130 valence electrons. The van der Waals surface area contributed by atoms with Gasteiger partial charge in [0, 0.05) is 30.7 Å². The maximum atomic E-state index is 12.8. The normalized spacial score (nSPS) is 23.0. The molecule has 5 heterocycles. The molecule has 5 rings (SSSR count). The summed E-state index contributed by atoms with van der Waals surface area (Å²) in [5.41, 5.74) is 2.37. The molecule has 25 heavy (non-hydrogen) atoms. The van der Waals surface area contributed by atoms with Crippen molar-refractivity contribution in [2.75, 3.05) is 13.1 Å². The van der Waals surface area contributed by atoms with Gasteiger partial charge in [0.2, 0.25) is 5.91 Å². The van der Waals surface area contributed by atoms with Gasteiger partial charge in [-0.25, -0.2) is 4.98 Å². The number of thiazole rings is 1. The molecule has 3 aliphatic rings. The highest BCUT2D eigenvalue weighted by molar-refractivity contribution is 7.07. The van der Waals surface area contributed by atoms with Gasteiger partial charge >= 0.3 is 0 Å². The topological polar surface area (TPSA) is 86.4 Å². The van der Waals surface area contributed by atoms with Crippen molar-refractivity contribution in [3.05, 3.63) is 50.8 Å². The fraction of sp³-hybridized carbons (Fsp3) is 0.412. The molecular weight excluding hydrogens is 340 g/mol. The van der Waals surface area contributed by atoms with Gasteiger partial charge in [0.1, 0.15) is 5.56 Å². The molecule has 1 N–H and O–H groups in total. The molecule has 8 heteroatoms. The van der Waals surface area contributed by atoms with Crippen molar-refractivity contribution in [3.8, 4) is 0 Å². The summed E-state index contributed by atoms with van der Waals surface area (Å²) in [6, 6.07) is 3.14. The number of aromatic nitrogens is 2. The van der Waals surface area contributed by atoms with Crippen LogP contribution in [0.1, 0.15) is 28.9 Å². The van der Waals surface area contributed by atoms with Gasteiger partial charge in [-0.3, -0.25) is 14.4 Å². The van der Waals surface area contributed by atoms with Crippen LogP contribution in [0.25, 0.3) is 0 Å². The standard InChI is InChI=1S/C17H18N4O3S/c22-15-14(2-1-5-18-15)17(24)20-6-11-3-4-13(8-20)21(16(11)23)7-12-9-25-10-19-12/h1-2,5,9-11,13H,3-4,6-8H2,(H,18,22)/t11-,13+/m1/s1. The average molecular weight is 358 g/mol. The average Bonchev–Trinajstić information content (AvgIpc) is 2.98. The minimum absolute atomic E-state index is 0.0281. The zero-order valence-corrected chi connectivity index (χ0v) is 14.4. The smallest absolute Gasteiger partial charge is 0.260 e. The Bertz CT molecular complexity index is 848. The third-order valence-electron chi connectivity index (χ3n) is 4.94. The number of amides is 2. The maximum Gasteiger partial charge on any atom is 0.260 e. The fourth-order valence-electron chi connectivity index (χ4n) is 3.66. The number of H-pyrrole nitrogens is 1. The molecule has 3 saturated heterocycles. The van der Waals surface area contributed by atoms with Crippen molar-refractivity contribution in [3.63, 3.8) is 0 Å². The lowest BCUT2D eigenvalue weighted by molar-refractivity contribution is -0.140. The number of rotatable bonds is 3. The summed E-state index contributed by atoms with van der Waals surface area (Å²) in [7, 11) is 0. The molecule has 0 saturated carbocycles. The first kappa shape index (κ1) is 16.0. The van der Waals surface area contributed by atoms with Crippen molar-refractivity contribution < 1.29 is 9.59 Å². The van der Waals surface area contributed by atoms with Gasteiger partial charge in [0.25, 0.3) is 11.5 Å². The molecule has 0 aliphatic carbocycles. The summed E-state index contributed by atoms with van der Waals surface area (Å²) >= 11 is 1.51. The van der Waals surface area contributed by atoms with E-state index < -0.39 is 5.56 Å². The molecule has 3 fully saturated rings. The van der Waals surface area contributed by atoms with Crippen LogP contribution in [0.3, 0.4) is 0 Å². The molecule has 0 unspecified atom stereocenters. The Hall–Kier alpha value is -2.48. The highest BCUT2D eigenvalue weighted by Crippen LogP contribution is 2.30. The summed E-state index contributed by atoms with van der Waals surface area (Å²) in [6.07, 6.45) is 3.16. The van der Waals surface area contributed by atoms with E-state index in [9.17, 15) is 14.4 Å². The van der Waals surface area contributed by atoms with E-state index in [0.29, 0.717) is 19.6 Å². The Morgan fingerprint density at radius 2 is 2.20 bits per heavy atom. The van der Waals surface area contributed by atoms with E-state index in [-0.39, 0.29) is 29.3 Å². The van der Waals surface area contributed by atoms with Gasteiger partial charge in [-0.2, -0.15) is 0 Å². The lowest BCUT2D eigenvalue weighted by Crippen LogP contribution is -2.47. The van der Waals surface area contributed by atoms with E-state index in [1.165, 1.54) is 23.6 Å². The van der Waals surface area contributed by atoms with Gasteiger partial charge < -0.3 is 14.8 Å². The van der Waals surface area contributed by atoms with E-state index >= 15 is 0 Å². The van der Waals surface area contributed by atoms with Crippen LogP contribution in [-0.4, -0.2) is 50.7 Å². The number of hydrogen-bond donors (Lipinski definition) is 1. The van der Waals surface area contributed by atoms with Crippen LogP contribution in [-0.2, 0) is 11.3 Å². The SMILES string of the molecule is O=C(c1ccc[nH]c1=O)N1C[C@H]2CC[C@@H](C1)N(Cc1cscn1)C2=O. The Labute approximate surface area is 148 Å². The third-order valence-corrected chi connectivity index (χ3v) is 5.58. The molecular formula is C17H18N4O3S. The van der Waals surface area contributed by atoms with E-state index in [1.807, 2.05) is 10.3 Å². The van der Waals surface area contributed by atoms with E-state index in [2.05, 4.69) is 9.97 Å². The summed E-state index contributed by atoms with van der Waals surface area (Å²) in [5.74, 6) is -0.423. The predicted octanol–water partition coefficient (Wildman–Crippen LogP) is 1.09. The first-order valence-corrected chi connectivity index (χ1v) is 9.22. The van der Waals surface area contributed by atoms with Gasteiger partial charge in [-0.1, -0.05) is 0 Å². The number of hydrogen-bond acceptors (Lipinski definition) is 5. The Balaban J connectivity index is 1.58. The van der Waals surface area contributed by atoms with Crippen LogP contribution in [0.4, 0.5) is 0 Å². The van der Waals surface area contributed by atoms with E-state index in [0.717, 1.165) is 18.5 Å². The number of carbonyl (C=O) groups excluding carboxylic acids is 2. The van der Waals surface area contributed by atoms with Gasteiger partial charge in [0.15, 0.2) is 0 Å². The molecule has 0 radical (unpaired) electrons. The minimum atomic E-state index is -0.394. The van der Waals surface area contributed by atoms with Crippen LogP contribution in [0, 0.1) is 5.92 Å². The van der Waals surface area contributed by atoms with Crippen LogP contribution >= 0.6 is 11.3 Å². The maximum absolute atomic E-state index is 12.8. The summed E-state index contributed by atoms with van der Waals surface area (Å²) in [6.45, 7) is 1.31. The molecule has 0 aromatic carbocycles. The second-order valence-corrected chi connectivity index (χ2v) is 7.22. The number of pyridine rings is 1. The van der Waals surface area contributed by atoms with Gasteiger partial charge in [-0.05, 0) is 25.0 Å². The Morgan fingerprint density at radius 1 is 1.32 bits per heavy atom. The van der Waals surface area contributed by atoms with Crippen molar-refractivity contribution >= 4 is 23.2 Å². The van der Waals surface area contributed by atoms with Crippen molar-refractivity contribution in [2.24, 2.45) is 5.92 Å². The van der Waals surface area contributed by atoms with Gasteiger partial charge in [0.05, 0.1) is 23.7 Å². The molecule has 0 spiro atoms. The van der Waals surface area contributed by atoms with Crippen LogP contribution < -0.4 is 5.56 Å². The fourth-order valence-corrected chi connectivity index (χ4v) is 4.21. The number of fused-ring (bicyclic) bond motifs is 4. The van der Waals surface area contributed by atoms with Crippen LogP contribution in [0.5, 0.6) is 0 Å². The van der Waals surface area contributed by atoms with Crippen molar-refractivity contribution in [1.29, 1.82) is 0 Å². The van der Waals surface area contributed by atoms with E-state index in [4.69, 9.17) is 0 Å². The molecule has 2 aromatic rings. The number of nitrogens with one attached hydrogen (secondary N) is 1. The minimum Gasteiger partial charge on any atom is -0.336 e.